The molecule has 0 rings (SSSR count). The van der Waals surface area contributed by atoms with Crippen LogP contribution in [-0.4, -0.2) is 12.8 Å². The van der Waals surface area contributed by atoms with Crippen molar-refractivity contribution in [2.24, 2.45) is 10.4 Å². The summed E-state index contributed by atoms with van der Waals surface area (Å²) in [5.41, 5.74) is 0.127. The standard InChI is InChI=1S/C13H26N.Li/c1-5-6-7-8-9-10-11-14-12-13(2,3)4;/h5-11H2,1-4H3;/q-1;+1. The van der Waals surface area contributed by atoms with E-state index in [-0.39, 0.29) is 24.3 Å². The quantitative estimate of drug-likeness (QED) is 0.256. The van der Waals surface area contributed by atoms with Crippen LogP contribution in [0, 0.1) is 5.41 Å². The van der Waals surface area contributed by atoms with Crippen molar-refractivity contribution in [2.75, 3.05) is 6.54 Å². The van der Waals surface area contributed by atoms with Crippen LogP contribution in [0.3, 0.4) is 0 Å². The molecule has 2 heteroatoms. The summed E-state index contributed by atoms with van der Waals surface area (Å²) in [5.74, 6) is 0. The normalized spacial score (nSPS) is 11.7. The fourth-order valence-corrected chi connectivity index (χ4v) is 1.26. The largest absolute Gasteiger partial charge is 1.00 e. The van der Waals surface area contributed by atoms with E-state index in [1.807, 2.05) is 0 Å². The second-order valence-electron chi connectivity index (χ2n) is 5.01. The SMILES string of the molecule is CCCCCCCCN=[C-]C(C)(C)C.[Li+]. The Kier molecular flexibility index (Phi) is 12.7. The van der Waals surface area contributed by atoms with Gasteiger partial charge < -0.3 is 11.2 Å². The van der Waals surface area contributed by atoms with Crippen molar-refractivity contribution in [3.8, 4) is 0 Å². The molecule has 0 aromatic rings. The molecule has 0 aliphatic carbocycles. The summed E-state index contributed by atoms with van der Waals surface area (Å²) < 4.78 is 0. The van der Waals surface area contributed by atoms with Crippen LogP contribution in [0.1, 0.15) is 66.2 Å². The number of hydrogen-bond donors (Lipinski definition) is 0. The maximum Gasteiger partial charge on any atom is 1.00 e. The Morgan fingerprint density at radius 2 is 1.47 bits per heavy atom. The molecule has 0 aromatic carbocycles. The van der Waals surface area contributed by atoms with Gasteiger partial charge in [0, 0.05) is 0 Å². The number of nitrogens with zero attached hydrogens (tertiary/aromatic N) is 1. The fraction of sp³-hybridized carbons (Fsp3) is 0.923. The van der Waals surface area contributed by atoms with Crippen LogP contribution in [0.2, 0.25) is 0 Å². The van der Waals surface area contributed by atoms with Gasteiger partial charge in [-0.3, -0.25) is 0 Å². The van der Waals surface area contributed by atoms with Crippen LogP contribution >= 0.6 is 0 Å². The van der Waals surface area contributed by atoms with Crippen molar-refractivity contribution in [3.63, 3.8) is 0 Å². The molecular weight excluding hydrogens is 177 g/mol. The van der Waals surface area contributed by atoms with E-state index in [9.17, 15) is 0 Å². The fourth-order valence-electron chi connectivity index (χ4n) is 1.26. The second kappa shape index (κ2) is 10.8. The van der Waals surface area contributed by atoms with Crippen LogP contribution in [0.4, 0.5) is 0 Å². The molecule has 0 unspecified atom stereocenters. The van der Waals surface area contributed by atoms with Gasteiger partial charge in [-0.25, -0.2) is 0 Å². The van der Waals surface area contributed by atoms with E-state index in [1.54, 1.807) is 0 Å². The van der Waals surface area contributed by atoms with E-state index < -0.39 is 0 Å². The molecule has 0 atom stereocenters. The minimum Gasteiger partial charge on any atom is -0.503 e. The molecule has 0 bridgehead atoms. The van der Waals surface area contributed by atoms with Crippen molar-refractivity contribution < 1.29 is 18.9 Å². The van der Waals surface area contributed by atoms with Gasteiger partial charge in [0.2, 0.25) is 0 Å². The molecule has 1 nitrogen and oxygen atoms in total. The first-order valence-corrected chi connectivity index (χ1v) is 6.00. The average Bonchev–Trinajstić information content (AvgIpc) is 2.08. The zero-order valence-corrected chi connectivity index (χ0v) is 11.4. The van der Waals surface area contributed by atoms with Gasteiger partial charge in [-0.05, 0) is 13.0 Å². The average molecular weight is 203 g/mol. The first-order valence-electron chi connectivity index (χ1n) is 6.00. The molecule has 0 saturated heterocycles. The number of aliphatic imine (C=N–C) groups is 1. The first kappa shape index (κ1) is 17.7. The Labute approximate surface area is 108 Å². The van der Waals surface area contributed by atoms with Crippen LogP contribution in [0.15, 0.2) is 4.99 Å². The van der Waals surface area contributed by atoms with Crippen molar-refractivity contribution in [3.05, 3.63) is 0 Å². The Balaban J connectivity index is 0. The predicted octanol–water partition coefficient (Wildman–Crippen LogP) is 1.34. The number of unbranched alkanes of at least 4 members (excludes halogenated alkanes) is 5. The van der Waals surface area contributed by atoms with Gasteiger partial charge in [0.05, 0.1) is 0 Å². The minimum atomic E-state index is 0. The van der Waals surface area contributed by atoms with Gasteiger partial charge >= 0.3 is 18.9 Å². The van der Waals surface area contributed by atoms with Gasteiger partial charge in [0.15, 0.2) is 0 Å². The topological polar surface area (TPSA) is 12.4 Å². The van der Waals surface area contributed by atoms with E-state index >= 15 is 0 Å². The van der Waals surface area contributed by atoms with Crippen molar-refractivity contribution >= 4 is 6.21 Å². The molecule has 84 valence electrons. The van der Waals surface area contributed by atoms with E-state index in [4.69, 9.17) is 0 Å². The first-order chi connectivity index (χ1) is 6.56. The summed E-state index contributed by atoms with van der Waals surface area (Å²) in [6.45, 7) is 9.62. The zero-order chi connectivity index (χ0) is 10.9. The number of hydrogen-bond acceptors (Lipinski definition) is 1. The van der Waals surface area contributed by atoms with Crippen LogP contribution < -0.4 is 18.9 Å². The van der Waals surface area contributed by atoms with E-state index in [2.05, 4.69) is 38.9 Å². The summed E-state index contributed by atoms with van der Waals surface area (Å²) >= 11 is 0. The Bertz CT molecular complexity index is 147. The van der Waals surface area contributed by atoms with Crippen molar-refractivity contribution in [1.82, 2.24) is 0 Å². The molecule has 0 heterocycles. The van der Waals surface area contributed by atoms with E-state index in [0.717, 1.165) is 6.54 Å². The summed E-state index contributed by atoms with van der Waals surface area (Å²) in [5, 5.41) is 0. The van der Waals surface area contributed by atoms with E-state index in [1.165, 1.54) is 38.5 Å². The third-order valence-electron chi connectivity index (χ3n) is 2.04. The monoisotopic (exact) mass is 203 g/mol. The molecule has 0 aliphatic heterocycles. The van der Waals surface area contributed by atoms with Gasteiger partial charge in [0.25, 0.3) is 0 Å². The Morgan fingerprint density at radius 1 is 0.933 bits per heavy atom. The Morgan fingerprint density at radius 3 is 2.00 bits per heavy atom. The van der Waals surface area contributed by atoms with Crippen LogP contribution in [-0.2, 0) is 0 Å². The van der Waals surface area contributed by atoms with Gasteiger partial charge in [-0.15, -0.1) is 0 Å². The molecule has 0 amide bonds. The molecule has 0 spiro atoms. The Hall–Kier alpha value is 0.267. The van der Waals surface area contributed by atoms with Crippen molar-refractivity contribution in [2.45, 2.75) is 66.2 Å². The predicted molar refractivity (Wildman–Crippen MR) is 65.1 cm³/mol. The summed E-state index contributed by atoms with van der Waals surface area (Å²) in [6, 6.07) is 0. The van der Waals surface area contributed by atoms with Crippen LogP contribution in [0.5, 0.6) is 0 Å². The van der Waals surface area contributed by atoms with Crippen molar-refractivity contribution in [1.29, 1.82) is 0 Å². The molecule has 0 saturated carbocycles. The molecular formula is C13H26LiN. The van der Waals surface area contributed by atoms with Gasteiger partial charge in [0.1, 0.15) is 0 Å². The second-order valence-corrected chi connectivity index (χ2v) is 5.01. The summed E-state index contributed by atoms with van der Waals surface area (Å²) in [6.07, 6.45) is 11.2. The molecule has 0 N–H and O–H groups in total. The van der Waals surface area contributed by atoms with E-state index in [0.29, 0.717) is 0 Å². The third kappa shape index (κ3) is 16.9. The molecule has 0 fully saturated rings. The van der Waals surface area contributed by atoms with Gasteiger partial charge in [-0.1, -0.05) is 59.8 Å². The minimum absolute atomic E-state index is 0. The smallest absolute Gasteiger partial charge is 0.503 e. The summed E-state index contributed by atoms with van der Waals surface area (Å²) in [4.78, 5) is 4.31. The maximum absolute atomic E-state index is 4.31. The third-order valence-corrected chi connectivity index (χ3v) is 2.04. The summed E-state index contributed by atoms with van der Waals surface area (Å²) in [7, 11) is 0. The van der Waals surface area contributed by atoms with Crippen LogP contribution in [0.25, 0.3) is 0 Å². The maximum atomic E-state index is 4.31. The van der Waals surface area contributed by atoms with Gasteiger partial charge in [-0.2, -0.15) is 5.41 Å². The number of rotatable bonds is 7. The zero-order valence-electron chi connectivity index (χ0n) is 11.4. The molecule has 15 heavy (non-hydrogen) atoms. The molecule has 0 aromatic heterocycles. The molecule has 0 radical (unpaired) electrons. The molecule has 0 aliphatic rings.